The average Bonchev–Trinajstić information content (AvgIpc) is 3.04. The third kappa shape index (κ3) is 2.42. The van der Waals surface area contributed by atoms with Crippen molar-refractivity contribution in [3.63, 3.8) is 0 Å². The van der Waals surface area contributed by atoms with Gasteiger partial charge >= 0.3 is 0 Å². The van der Waals surface area contributed by atoms with E-state index in [2.05, 4.69) is 37.9 Å². The number of carbonyl (C=O) groups is 1. The van der Waals surface area contributed by atoms with Gasteiger partial charge < -0.3 is 4.90 Å². The molecule has 0 aromatic carbocycles. The van der Waals surface area contributed by atoms with Crippen LogP contribution in [-0.2, 0) is 4.79 Å². The average molecular weight is 252 g/mol. The summed E-state index contributed by atoms with van der Waals surface area (Å²) in [5.74, 6) is 1.57. The lowest BCUT2D eigenvalue weighted by Gasteiger charge is -2.23. The third-order valence-corrected chi connectivity index (χ3v) is 4.73. The molecule has 18 heavy (non-hydrogen) atoms. The van der Waals surface area contributed by atoms with E-state index >= 15 is 0 Å². The van der Waals surface area contributed by atoms with Crippen LogP contribution in [0, 0.1) is 11.8 Å². The summed E-state index contributed by atoms with van der Waals surface area (Å²) in [5, 5.41) is 3.55. The highest BCUT2D eigenvalue weighted by molar-refractivity contribution is 5.85. The van der Waals surface area contributed by atoms with E-state index in [1.54, 1.807) is 0 Å². The van der Waals surface area contributed by atoms with Gasteiger partial charge in [-0.3, -0.25) is 10.1 Å². The quantitative estimate of drug-likeness (QED) is 0.788. The highest BCUT2D eigenvalue weighted by Crippen LogP contribution is 2.42. The number of rotatable bonds is 6. The fraction of sp³-hybridized carbons (Fsp3) is 0.933. The summed E-state index contributed by atoms with van der Waals surface area (Å²) in [7, 11) is 0. The predicted molar refractivity (Wildman–Crippen MR) is 74.1 cm³/mol. The Balaban J connectivity index is 2.03. The molecule has 1 heterocycles. The Kier molecular flexibility index (Phi) is 4.31. The number of nitrogens with one attached hydrogen (secondary N) is 1. The van der Waals surface area contributed by atoms with Gasteiger partial charge in [0.05, 0.1) is 12.2 Å². The molecule has 5 unspecified atom stereocenters. The van der Waals surface area contributed by atoms with Crippen LogP contribution in [0.4, 0.5) is 0 Å². The van der Waals surface area contributed by atoms with Crippen molar-refractivity contribution in [2.24, 2.45) is 11.8 Å². The van der Waals surface area contributed by atoms with Gasteiger partial charge in [-0.15, -0.1) is 0 Å². The van der Waals surface area contributed by atoms with E-state index in [-0.39, 0.29) is 12.2 Å². The predicted octanol–water partition coefficient (Wildman–Crippen LogP) is 2.76. The maximum absolute atomic E-state index is 12.6. The largest absolute Gasteiger partial charge is 0.323 e. The Morgan fingerprint density at radius 3 is 2.67 bits per heavy atom. The van der Waals surface area contributed by atoms with E-state index in [1.807, 2.05) is 0 Å². The van der Waals surface area contributed by atoms with E-state index in [0.717, 1.165) is 18.8 Å². The minimum Gasteiger partial charge on any atom is -0.323 e. The Bertz CT molecular complexity index is 305. The van der Waals surface area contributed by atoms with Crippen LogP contribution in [0.3, 0.4) is 0 Å². The van der Waals surface area contributed by atoms with Crippen molar-refractivity contribution in [1.82, 2.24) is 10.2 Å². The number of carbonyl (C=O) groups excluding carboxylic acids is 1. The molecule has 5 atom stereocenters. The lowest BCUT2D eigenvalue weighted by atomic mass is 9.99. The molecule has 1 N–H and O–H groups in total. The molecular weight excluding hydrogens is 224 g/mol. The molecule has 1 amide bonds. The van der Waals surface area contributed by atoms with Crippen molar-refractivity contribution in [3.8, 4) is 0 Å². The van der Waals surface area contributed by atoms with Gasteiger partial charge in [0, 0.05) is 6.04 Å². The molecule has 0 aromatic rings. The highest BCUT2D eigenvalue weighted by Gasteiger charge is 2.51. The van der Waals surface area contributed by atoms with Gasteiger partial charge in [-0.05, 0) is 31.1 Å². The minimum atomic E-state index is 0.0582. The fourth-order valence-electron chi connectivity index (χ4n) is 3.28. The summed E-state index contributed by atoms with van der Waals surface area (Å²) in [6, 6.07) is 0.590. The molecule has 0 spiro atoms. The van der Waals surface area contributed by atoms with Gasteiger partial charge in [-0.1, -0.05) is 40.5 Å². The lowest BCUT2D eigenvalue weighted by molar-refractivity contribution is -0.131. The number of hydrogen-bond donors (Lipinski definition) is 1. The maximum Gasteiger partial charge on any atom is 0.241 e. The lowest BCUT2D eigenvalue weighted by Crippen LogP contribution is -2.39. The highest BCUT2D eigenvalue weighted by atomic mass is 16.2. The summed E-state index contributed by atoms with van der Waals surface area (Å²) >= 11 is 0. The molecule has 104 valence electrons. The number of amides is 1. The monoisotopic (exact) mass is 252 g/mol. The minimum absolute atomic E-state index is 0.0582. The molecule has 0 bridgehead atoms. The van der Waals surface area contributed by atoms with Crippen LogP contribution in [0.15, 0.2) is 0 Å². The first-order valence-corrected chi connectivity index (χ1v) is 7.72. The first kappa shape index (κ1) is 13.9. The molecule has 3 heteroatoms. The van der Waals surface area contributed by atoms with Crippen LogP contribution in [-0.4, -0.2) is 29.1 Å². The summed E-state index contributed by atoms with van der Waals surface area (Å²) < 4.78 is 0. The first-order valence-electron chi connectivity index (χ1n) is 7.72. The first-order chi connectivity index (χ1) is 8.63. The Morgan fingerprint density at radius 1 is 1.39 bits per heavy atom. The van der Waals surface area contributed by atoms with Gasteiger partial charge in [0.25, 0.3) is 0 Å². The van der Waals surface area contributed by atoms with Crippen LogP contribution >= 0.6 is 0 Å². The SMILES string of the molecule is CCCC1CC1N1C(=O)C(C(C)CC)NC1CC. The van der Waals surface area contributed by atoms with Crippen molar-refractivity contribution >= 4 is 5.91 Å². The van der Waals surface area contributed by atoms with Gasteiger partial charge in [0.15, 0.2) is 0 Å². The van der Waals surface area contributed by atoms with Crippen molar-refractivity contribution in [3.05, 3.63) is 0 Å². The second-order valence-electron chi connectivity index (χ2n) is 6.05. The van der Waals surface area contributed by atoms with Crippen molar-refractivity contribution in [1.29, 1.82) is 0 Å². The van der Waals surface area contributed by atoms with Crippen LogP contribution in [0.2, 0.25) is 0 Å². The molecule has 1 saturated carbocycles. The zero-order chi connectivity index (χ0) is 13.3. The second kappa shape index (κ2) is 5.60. The standard InChI is InChI=1S/C15H28N2O/c1-5-8-11-9-12(11)17-13(7-3)16-14(15(17)18)10(4)6-2/h10-14,16H,5-9H2,1-4H3. The van der Waals surface area contributed by atoms with Gasteiger partial charge in [0.1, 0.15) is 0 Å². The van der Waals surface area contributed by atoms with Crippen LogP contribution in [0.1, 0.15) is 59.8 Å². The summed E-state index contributed by atoms with van der Waals surface area (Å²) in [6.07, 6.45) is 6.11. The van der Waals surface area contributed by atoms with Crippen LogP contribution in [0.5, 0.6) is 0 Å². The van der Waals surface area contributed by atoms with Crippen molar-refractivity contribution < 1.29 is 4.79 Å². The summed E-state index contributed by atoms with van der Waals surface area (Å²) in [5.41, 5.74) is 0. The maximum atomic E-state index is 12.6. The molecule has 1 saturated heterocycles. The summed E-state index contributed by atoms with van der Waals surface area (Å²) in [6.45, 7) is 8.76. The van der Waals surface area contributed by atoms with E-state index in [4.69, 9.17) is 0 Å². The zero-order valence-electron chi connectivity index (χ0n) is 12.3. The fourth-order valence-corrected chi connectivity index (χ4v) is 3.28. The van der Waals surface area contributed by atoms with E-state index in [9.17, 15) is 4.79 Å². The molecule has 0 aromatic heterocycles. The van der Waals surface area contributed by atoms with Gasteiger partial charge in [0.2, 0.25) is 5.91 Å². The van der Waals surface area contributed by atoms with E-state index in [1.165, 1.54) is 19.3 Å². The van der Waals surface area contributed by atoms with E-state index in [0.29, 0.717) is 17.9 Å². The molecule has 1 aliphatic carbocycles. The smallest absolute Gasteiger partial charge is 0.241 e. The molecule has 2 rings (SSSR count). The van der Waals surface area contributed by atoms with E-state index < -0.39 is 0 Å². The Labute approximate surface area is 111 Å². The molecule has 2 fully saturated rings. The number of hydrogen-bond acceptors (Lipinski definition) is 2. The Hall–Kier alpha value is -0.570. The Morgan fingerprint density at radius 2 is 2.11 bits per heavy atom. The van der Waals surface area contributed by atoms with Gasteiger partial charge in [-0.25, -0.2) is 0 Å². The zero-order valence-corrected chi connectivity index (χ0v) is 12.3. The molecule has 0 radical (unpaired) electrons. The normalized spacial score (nSPS) is 37.1. The molecule has 3 nitrogen and oxygen atoms in total. The number of nitrogens with zero attached hydrogens (tertiary/aromatic N) is 1. The van der Waals surface area contributed by atoms with Crippen LogP contribution < -0.4 is 5.32 Å². The molecule has 2 aliphatic rings. The van der Waals surface area contributed by atoms with Crippen molar-refractivity contribution in [2.45, 2.75) is 78.0 Å². The molecule has 1 aliphatic heterocycles. The molecular formula is C15H28N2O. The van der Waals surface area contributed by atoms with Gasteiger partial charge in [-0.2, -0.15) is 0 Å². The van der Waals surface area contributed by atoms with Crippen molar-refractivity contribution in [2.75, 3.05) is 0 Å². The summed E-state index contributed by atoms with van der Waals surface area (Å²) in [4.78, 5) is 14.7. The van der Waals surface area contributed by atoms with Crippen LogP contribution in [0.25, 0.3) is 0 Å². The topological polar surface area (TPSA) is 32.3 Å². The third-order valence-electron chi connectivity index (χ3n) is 4.73. The second-order valence-corrected chi connectivity index (χ2v) is 6.05.